The predicted molar refractivity (Wildman–Crippen MR) is 71.1 cm³/mol. The monoisotopic (exact) mass is 261 g/mol. The number of aryl methyl sites for hydroxylation is 2. The number of rotatable bonds is 3. The standard InChI is InChI=1S/C13H19N5O/c1-3-12-14-6-8-18(12)11-5-4-7-17(9-11)13-16-15-10(2)19-13/h6,8,11H,3-5,7,9H2,1-2H3. The Labute approximate surface area is 112 Å². The van der Waals surface area contributed by atoms with Gasteiger partial charge in [-0.05, 0) is 12.8 Å². The minimum absolute atomic E-state index is 0.443. The van der Waals surface area contributed by atoms with Crippen LogP contribution in [0.5, 0.6) is 0 Å². The van der Waals surface area contributed by atoms with Gasteiger partial charge in [-0.25, -0.2) is 4.98 Å². The highest BCUT2D eigenvalue weighted by molar-refractivity contribution is 5.25. The summed E-state index contributed by atoms with van der Waals surface area (Å²) in [5.74, 6) is 1.77. The number of aromatic nitrogens is 4. The maximum atomic E-state index is 5.52. The second kappa shape index (κ2) is 5.03. The van der Waals surface area contributed by atoms with E-state index in [0.29, 0.717) is 17.9 Å². The van der Waals surface area contributed by atoms with Crippen LogP contribution < -0.4 is 4.90 Å². The summed E-state index contributed by atoms with van der Waals surface area (Å²) in [6, 6.07) is 1.08. The molecule has 19 heavy (non-hydrogen) atoms. The lowest BCUT2D eigenvalue weighted by atomic mass is 10.1. The van der Waals surface area contributed by atoms with E-state index in [0.717, 1.165) is 31.8 Å². The number of anilines is 1. The summed E-state index contributed by atoms with van der Waals surface area (Å²) in [7, 11) is 0. The lowest BCUT2D eigenvalue weighted by molar-refractivity contribution is 0.376. The summed E-state index contributed by atoms with van der Waals surface area (Å²) in [4.78, 5) is 6.58. The Balaban J connectivity index is 1.78. The third-order valence-corrected chi connectivity index (χ3v) is 3.64. The van der Waals surface area contributed by atoms with Crippen LogP contribution in [0.2, 0.25) is 0 Å². The van der Waals surface area contributed by atoms with Gasteiger partial charge < -0.3 is 13.9 Å². The summed E-state index contributed by atoms with van der Waals surface area (Å²) < 4.78 is 7.81. The molecule has 0 saturated carbocycles. The average molecular weight is 261 g/mol. The van der Waals surface area contributed by atoms with Crippen molar-refractivity contribution < 1.29 is 4.42 Å². The summed E-state index contributed by atoms with van der Waals surface area (Å²) >= 11 is 0. The summed E-state index contributed by atoms with van der Waals surface area (Å²) in [6.07, 6.45) is 7.23. The van der Waals surface area contributed by atoms with Crippen molar-refractivity contribution in [1.29, 1.82) is 0 Å². The van der Waals surface area contributed by atoms with Crippen molar-refractivity contribution in [3.8, 4) is 0 Å². The molecule has 6 nitrogen and oxygen atoms in total. The Bertz CT molecular complexity index is 547. The van der Waals surface area contributed by atoms with Gasteiger partial charge in [0.25, 0.3) is 0 Å². The highest BCUT2D eigenvalue weighted by Gasteiger charge is 2.25. The van der Waals surface area contributed by atoms with Crippen LogP contribution in [-0.2, 0) is 6.42 Å². The third-order valence-electron chi connectivity index (χ3n) is 3.64. The molecule has 0 N–H and O–H groups in total. The molecule has 1 aliphatic heterocycles. The van der Waals surface area contributed by atoms with Gasteiger partial charge in [0.1, 0.15) is 5.82 Å². The minimum Gasteiger partial charge on any atom is -0.408 e. The molecule has 0 radical (unpaired) electrons. The minimum atomic E-state index is 0.443. The van der Waals surface area contributed by atoms with Crippen LogP contribution in [-0.4, -0.2) is 32.8 Å². The van der Waals surface area contributed by atoms with Crippen molar-refractivity contribution in [3.63, 3.8) is 0 Å². The lowest BCUT2D eigenvalue weighted by Crippen LogP contribution is -2.37. The van der Waals surface area contributed by atoms with Crippen molar-refractivity contribution in [2.24, 2.45) is 0 Å². The fourth-order valence-electron chi connectivity index (χ4n) is 2.72. The van der Waals surface area contributed by atoms with Gasteiger partial charge in [0.15, 0.2) is 0 Å². The summed E-state index contributed by atoms with van der Waals surface area (Å²) in [6.45, 7) is 5.85. The topological polar surface area (TPSA) is 60.0 Å². The predicted octanol–water partition coefficient (Wildman–Crippen LogP) is 1.98. The third kappa shape index (κ3) is 2.34. The number of hydrogen-bond acceptors (Lipinski definition) is 5. The summed E-state index contributed by atoms with van der Waals surface area (Å²) in [5.41, 5.74) is 0. The van der Waals surface area contributed by atoms with Gasteiger partial charge in [0.2, 0.25) is 5.89 Å². The van der Waals surface area contributed by atoms with Gasteiger partial charge in [-0.2, -0.15) is 0 Å². The number of piperidine rings is 1. The zero-order chi connectivity index (χ0) is 13.2. The van der Waals surface area contributed by atoms with Crippen LogP contribution in [0, 0.1) is 6.92 Å². The fraction of sp³-hybridized carbons (Fsp3) is 0.615. The Morgan fingerprint density at radius 1 is 1.42 bits per heavy atom. The van der Waals surface area contributed by atoms with Crippen LogP contribution in [0.25, 0.3) is 0 Å². The highest BCUT2D eigenvalue weighted by Crippen LogP contribution is 2.26. The molecule has 1 fully saturated rings. The van der Waals surface area contributed by atoms with Crippen molar-refractivity contribution in [1.82, 2.24) is 19.7 Å². The van der Waals surface area contributed by atoms with E-state index in [1.165, 1.54) is 6.42 Å². The van der Waals surface area contributed by atoms with Crippen molar-refractivity contribution in [2.75, 3.05) is 18.0 Å². The van der Waals surface area contributed by atoms with E-state index in [2.05, 4.69) is 37.8 Å². The fourth-order valence-corrected chi connectivity index (χ4v) is 2.72. The molecule has 3 heterocycles. The average Bonchev–Trinajstić information content (AvgIpc) is 3.07. The van der Waals surface area contributed by atoms with E-state index in [1.807, 2.05) is 13.1 Å². The van der Waals surface area contributed by atoms with E-state index in [-0.39, 0.29) is 0 Å². The van der Waals surface area contributed by atoms with E-state index in [4.69, 9.17) is 4.42 Å². The highest BCUT2D eigenvalue weighted by atomic mass is 16.4. The van der Waals surface area contributed by atoms with E-state index < -0.39 is 0 Å². The lowest BCUT2D eigenvalue weighted by Gasteiger charge is -2.32. The van der Waals surface area contributed by atoms with Crippen molar-refractivity contribution in [3.05, 3.63) is 24.1 Å². The normalized spacial score (nSPS) is 19.9. The molecule has 3 rings (SSSR count). The number of imidazole rings is 1. The number of hydrogen-bond donors (Lipinski definition) is 0. The van der Waals surface area contributed by atoms with Crippen LogP contribution in [0.15, 0.2) is 16.8 Å². The molecular weight excluding hydrogens is 242 g/mol. The molecule has 2 aromatic heterocycles. The first-order valence-corrected chi connectivity index (χ1v) is 6.84. The molecule has 1 aliphatic rings. The van der Waals surface area contributed by atoms with Gasteiger partial charge >= 0.3 is 6.01 Å². The molecule has 1 unspecified atom stereocenters. The van der Waals surface area contributed by atoms with Gasteiger partial charge in [-0.15, -0.1) is 5.10 Å². The smallest absolute Gasteiger partial charge is 0.318 e. The first kappa shape index (κ1) is 12.2. The molecule has 2 aromatic rings. The maximum absolute atomic E-state index is 5.52. The molecule has 0 aromatic carbocycles. The second-order valence-corrected chi connectivity index (χ2v) is 4.95. The van der Waals surface area contributed by atoms with Crippen LogP contribution >= 0.6 is 0 Å². The molecule has 0 amide bonds. The molecule has 0 bridgehead atoms. The Hall–Kier alpha value is -1.85. The Morgan fingerprint density at radius 2 is 2.32 bits per heavy atom. The largest absolute Gasteiger partial charge is 0.408 e. The van der Waals surface area contributed by atoms with Gasteiger partial charge in [-0.3, -0.25) is 0 Å². The van der Waals surface area contributed by atoms with Crippen LogP contribution in [0.4, 0.5) is 6.01 Å². The van der Waals surface area contributed by atoms with Crippen molar-refractivity contribution >= 4 is 6.01 Å². The second-order valence-electron chi connectivity index (χ2n) is 4.95. The Kier molecular flexibility index (Phi) is 3.23. The molecule has 6 heteroatoms. The zero-order valence-corrected chi connectivity index (χ0v) is 11.4. The molecule has 1 saturated heterocycles. The van der Waals surface area contributed by atoms with E-state index in [1.54, 1.807) is 0 Å². The first-order chi connectivity index (χ1) is 9.28. The van der Waals surface area contributed by atoms with E-state index >= 15 is 0 Å². The zero-order valence-electron chi connectivity index (χ0n) is 11.4. The number of nitrogens with zero attached hydrogens (tertiary/aromatic N) is 5. The SMILES string of the molecule is CCc1nccn1C1CCCN(c2nnc(C)o2)C1. The Morgan fingerprint density at radius 3 is 3.05 bits per heavy atom. The molecule has 0 spiro atoms. The summed E-state index contributed by atoms with van der Waals surface area (Å²) in [5, 5.41) is 8.02. The quantitative estimate of drug-likeness (QED) is 0.845. The molecule has 102 valence electrons. The van der Waals surface area contributed by atoms with Crippen LogP contribution in [0.1, 0.15) is 37.5 Å². The molecule has 0 aliphatic carbocycles. The van der Waals surface area contributed by atoms with Gasteiger partial charge in [-0.1, -0.05) is 12.0 Å². The molecular formula is C13H19N5O. The maximum Gasteiger partial charge on any atom is 0.318 e. The van der Waals surface area contributed by atoms with Gasteiger partial charge in [0, 0.05) is 38.8 Å². The molecule has 1 atom stereocenters. The first-order valence-electron chi connectivity index (χ1n) is 6.84. The van der Waals surface area contributed by atoms with Crippen LogP contribution in [0.3, 0.4) is 0 Å². The van der Waals surface area contributed by atoms with Crippen molar-refractivity contribution in [2.45, 2.75) is 39.2 Å². The van der Waals surface area contributed by atoms with E-state index in [9.17, 15) is 0 Å². The van der Waals surface area contributed by atoms with Gasteiger partial charge in [0.05, 0.1) is 6.04 Å².